The van der Waals surface area contributed by atoms with Gasteiger partial charge in [0, 0.05) is 51.5 Å². The van der Waals surface area contributed by atoms with Crippen LogP contribution in [0.25, 0.3) is 10.8 Å². The fraction of sp³-hybridized carbons (Fsp3) is 0.400. The number of ether oxygens (including phenoxy) is 1. The summed E-state index contributed by atoms with van der Waals surface area (Å²) in [5.41, 5.74) is 1.33. The van der Waals surface area contributed by atoms with Crippen molar-refractivity contribution in [2.75, 3.05) is 57.4 Å². The Morgan fingerprint density at radius 2 is 1.61 bits per heavy atom. The van der Waals surface area contributed by atoms with Gasteiger partial charge in [-0.05, 0) is 41.5 Å². The fourth-order valence-corrected chi connectivity index (χ4v) is 6.02. The number of rotatable bonds is 5. The van der Waals surface area contributed by atoms with E-state index in [0.29, 0.717) is 32.3 Å². The second-order valence-corrected chi connectivity index (χ2v) is 10.6. The molecule has 5 rings (SSSR count). The van der Waals surface area contributed by atoms with Gasteiger partial charge in [-0.25, -0.2) is 13.4 Å². The Hall–Kier alpha value is -2.52. The standard InChI is InChI=1S/C25H30N4O3S/c1-20(22-7-6-21-4-2-3-5-23(21)18-22)27-10-12-28(13-11-27)25-9-8-24(19-26-25)33(30,31)29-14-16-32-17-15-29/h2-9,18-20H,10-17H2,1H3. The van der Waals surface area contributed by atoms with Crippen LogP contribution in [0.4, 0.5) is 5.82 Å². The van der Waals surface area contributed by atoms with Crippen molar-refractivity contribution in [3.8, 4) is 0 Å². The maximum atomic E-state index is 12.8. The van der Waals surface area contributed by atoms with Gasteiger partial charge in [-0.15, -0.1) is 0 Å². The van der Waals surface area contributed by atoms with E-state index in [9.17, 15) is 8.42 Å². The number of hydrogen-bond acceptors (Lipinski definition) is 6. The first-order valence-electron chi connectivity index (χ1n) is 11.5. The highest BCUT2D eigenvalue weighted by molar-refractivity contribution is 7.89. The molecule has 1 aromatic heterocycles. The first kappa shape index (κ1) is 22.3. The van der Waals surface area contributed by atoms with Crippen LogP contribution in [0, 0.1) is 0 Å². The third kappa shape index (κ3) is 4.61. The molecule has 0 N–H and O–H groups in total. The second-order valence-electron chi connectivity index (χ2n) is 8.67. The highest BCUT2D eigenvalue weighted by atomic mass is 32.2. The van der Waals surface area contributed by atoms with Crippen LogP contribution in [-0.4, -0.2) is 75.1 Å². The van der Waals surface area contributed by atoms with E-state index in [1.807, 2.05) is 6.07 Å². The van der Waals surface area contributed by atoms with Gasteiger partial charge in [0.15, 0.2) is 0 Å². The average Bonchev–Trinajstić information content (AvgIpc) is 2.88. The van der Waals surface area contributed by atoms with E-state index in [2.05, 4.69) is 64.2 Å². The van der Waals surface area contributed by atoms with Gasteiger partial charge >= 0.3 is 0 Å². The molecule has 2 aromatic carbocycles. The van der Waals surface area contributed by atoms with Crippen LogP contribution in [-0.2, 0) is 14.8 Å². The molecule has 0 bridgehead atoms. The van der Waals surface area contributed by atoms with E-state index in [4.69, 9.17) is 4.74 Å². The number of aromatic nitrogens is 1. The predicted octanol–water partition coefficient (Wildman–Crippen LogP) is 3.14. The number of pyridine rings is 1. The molecular weight excluding hydrogens is 436 g/mol. The first-order valence-corrected chi connectivity index (χ1v) is 13.0. The van der Waals surface area contributed by atoms with Crippen molar-refractivity contribution in [1.29, 1.82) is 0 Å². The van der Waals surface area contributed by atoms with Crippen LogP contribution in [0.15, 0.2) is 65.7 Å². The Labute approximate surface area is 195 Å². The summed E-state index contributed by atoms with van der Waals surface area (Å²) in [6, 6.07) is 19.0. The van der Waals surface area contributed by atoms with Gasteiger partial charge in [0.05, 0.1) is 13.2 Å². The monoisotopic (exact) mass is 466 g/mol. The maximum Gasteiger partial charge on any atom is 0.244 e. The molecule has 2 saturated heterocycles. The normalized spacial score (nSPS) is 19.6. The van der Waals surface area contributed by atoms with Crippen molar-refractivity contribution in [2.24, 2.45) is 0 Å². The molecule has 8 heteroatoms. The molecule has 174 valence electrons. The third-order valence-electron chi connectivity index (χ3n) is 6.77. The van der Waals surface area contributed by atoms with E-state index < -0.39 is 10.0 Å². The number of fused-ring (bicyclic) bond motifs is 1. The van der Waals surface area contributed by atoms with E-state index in [1.54, 1.807) is 6.07 Å². The number of benzene rings is 2. The van der Waals surface area contributed by atoms with Gasteiger partial charge in [-0.1, -0.05) is 36.4 Å². The molecule has 2 fully saturated rings. The minimum absolute atomic E-state index is 0.247. The highest BCUT2D eigenvalue weighted by Gasteiger charge is 2.27. The molecule has 7 nitrogen and oxygen atoms in total. The van der Waals surface area contributed by atoms with Crippen molar-refractivity contribution >= 4 is 26.6 Å². The summed E-state index contributed by atoms with van der Waals surface area (Å²) in [7, 11) is -3.51. The molecule has 33 heavy (non-hydrogen) atoms. The van der Waals surface area contributed by atoms with Crippen molar-refractivity contribution < 1.29 is 13.2 Å². The summed E-state index contributed by atoms with van der Waals surface area (Å²) in [4.78, 5) is 9.47. The molecule has 1 atom stereocenters. The van der Waals surface area contributed by atoms with Crippen molar-refractivity contribution in [1.82, 2.24) is 14.2 Å². The number of morpholine rings is 1. The van der Waals surface area contributed by atoms with Gasteiger partial charge in [-0.2, -0.15) is 4.31 Å². The van der Waals surface area contributed by atoms with Crippen LogP contribution in [0.3, 0.4) is 0 Å². The first-order chi connectivity index (χ1) is 16.0. The van der Waals surface area contributed by atoms with E-state index in [0.717, 1.165) is 32.0 Å². The topological polar surface area (TPSA) is 66.0 Å². The maximum absolute atomic E-state index is 12.8. The van der Waals surface area contributed by atoms with Gasteiger partial charge in [-0.3, -0.25) is 4.90 Å². The zero-order valence-electron chi connectivity index (χ0n) is 18.9. The summed E-state index contributed by atoms with van der Waals surface area (Å²) in [5, 5.41) is 2.54. The Morgan fingerprint density at radius 3 is 2.30 bits per heavy atom. The SMILES string of the molecule is CC(c1ccc2ccccc2c1)N1CCN(c2ccc(S(=O)(=O)N3CCOCC3)cn2)CC1. The molecule has 0 aliphatic carbocycles. The predicted molar refractivity (Wildman–Crippen MR) is 130 cm³/mol. The van der Waals surface area contributed by atoms with Crippen LogP contribution in [0.5, 0.6) is 0 Å². The second kappa shape index (κ2) is 9.38. The minimum Gasteiger partial charge on any atom is -0.379 e. The lowest BCUT2D eigenvalue weighted by molar-refractivity contribution is 0.0730. The van der Waals surface area contributed by atoms with Gasteiger partial charge in [0.2, 0.25) is 10.0 Å². The van der Waals surface area contributed by atoms with E-state index in [1.165, 1.54) is 26.8 Å². The molecule has 3 aromatic rings. The van der Waals surface area contributed by atoms with Crippen molar-refractivity contribution in [2.45, 2.75) is 17.9 Å². The molecule has 3 heterocycles. The highest BCUT2D eigenvalue weighted by Crippen LogP contribution is 2.27. The molecule has 0 amide bonds. The van der Waals surface area contributed by atoms with Crippen LogP contribution < -0.4 is 4.90 Å². The molecule has 2 aliphatic heterocycles. The zero-order chi connectivity index (χ0) is 22.8. The van der Waals surface area contributed by atoms with Gasteiger partial charge in [0.25, 0.3) is 0 Å². The number of sulfonamides is 1. The summed E-state index contributed by atoms with van der Waals surface area (Å²) in [6.45, 7) is 7.51. The van der Waals surface area contributed by atoms with Crippen LogP contribution >= 0.6 is 0 Å². The number of anilines is 1. The van der Waals surface area contributed by atoms with Crippen LogP contribution in [0.2, 0.25) is 0 Å². The Kier molecular flexibility index (Phi) is 6.34. The third-order valence-corrected chi connectivity index (χ3v) is 8.65. The van der Waals surface area contributed by atoms with E-state index >= 15 is 0 Å². The minimum atomic E-state index is -3.51. The smallest absolute Gasteiger partial charge is 0.244 e. The largest absolute Gasteiger partial charge is 0.379 e. The molecule has 0 saturated carbocycles. The molecule has 1 unspecified atom stereocenters. The Morgan fingerprint density at radius 1 is 0.879 bits per heavy atom. The summed E-state index contributed by atoms with van der Waals surface area (Å²) >= 11 is 0. The Balaban J connectivity index is 1.22. The number of hydrogen-bond donors (Lipinski definition) is 0. The summed E-state index contributed by atoms with van der Waals surface area (Å²) in [6.07, 6.45) is 1.49. The van der Waals surface area contributed by atoms with Crippen molar-refractivity contribution in [3.05, 3.63) is 66.4 Å². The van der Waals surface area contributed by atoms with Gasteiger partial charge < -0.3 is 9.64 Å². The Bertz CT molecular complexity index is 1200. The molecule has 2 aliphatic rings. The molecule has 0 spiro atoms. The summed E-state index contributed by atoms with van der Waals surface area (Å²) in [5.74, 6) is 0.828. The van der Waals surface area contributed by atoms with E-state index in [-0.39, 0.29) is 4.90 Å². The molecular formula is C25H30N4O3S. The molecule has 0 radical (unpaired) electrons. The van der Waals surface area contributed by atoms with Crippen LogP contribution in [0.1, 0.15) is 18.5 Å². The lowest BCUT2D eigenvalue weighted by Crippen LogP contribution is -2.47. The van der Waals surface area contributed by atoms with Crippen molar-refractivity contribution in [3.63, 3.8) is 0 Å². The van der Waals surface area contributed by atoms with Gasteiger partial charge in [0.1, 0.15) is 10.7 Å². The zero-order valence-corrected chi connectivity index (χ0v) is 19.7. The lowest BCUT2D eigenvalue weighted by atomic mass is 10.0. The summed E-state index contributed by atoms with van der Waals surface area (Å²) < 4.78 is 32.4. The number of nitrogens with zero attached hydrogens (tertiary/aromatic N) is 4. The average molecular weight is 467 g/mol. The quantitative estimate of drug-likeness (QED) is 0.576. The lowest BCUT2D eigenvalue weighted by Gasteiger charge is -2.38. The fourth-order valence-electron chi connectivity index (χ4n) is 4.66. The number of piperazine rings is 1.